The molecule has 1 aromatic heterocycles. The van der Waals surface area contributed by atoms with Crippen LogP contribution < -0.4 is 4.90 Å². The highest BCUT2D eigenvalue weighted by Gasteiger charge is 2.22. The third kappa shape index (κ3) is 4.95. The summed E-state index contributed by atoms with van der Waals surface area (Å²) in [4.78, 5) is 32.7. The molecule has 1 amide bonds. The molecule has 1 N–H and O–H groups in total. The minimum atomic E-state index is -0.955. The topological polar surface area (TPSA) is 73.7 Å². The first-order chi connectivity index (χ1) is 13.6. The Morgan fingerprint density at radius 1 is 0.929 bits per heavy atom. The lowest BCUT2D eigenvalue weighted by molar-refractivity contribution is 0.0696. The van der Waals surface area contributed by atoms with Gasteiger partial charge in [0.05, 0.1) is 5.56 Å². The van der Waals surface area contributed by atoms with Crippen molar-refractivity contribution in [2.24, 2.45) is 0 Å². The molecule has 3 rings (SSSR count). The predicted octanol–water partition coefficient (Wildman–Crippen LogP) is 3.82. The number of carboxylic acids is 1. The molecular formula is C22H27N3O3. The highest BCUT2D eigenvalue weighted by atomic mass is 16.4. The maximum atomic E-state index is 13.2. The number of aromatic nitrogens is 1. The van der Waals surface area contributed by atoms with E-state index in [0.717, 1.165) is 43.5 Å². The van der Waals surface area contributed by atoms with Crippen LogP contribution in [0.1, 0.15) is 58.4 Å². The molecule has 0 aliphatic carbocycles. The molecule has 0 fully saturated rings. The monoisotopic (exact) mass is 381 g/mol. The molecule has 0 saturated heterocycles. The highest BCUT2D eigenvalue weighted by molar-refractivity contribution is 6.06. The lowest BCUT2D eigenvalue weighted by Crippen LogP contribution is -2.34. The molecule has 0 bridgehead atoms. The van der Waals surface area contributed by atoms with Crippen LogP contribution in [-0.4, -0.2) is 47.0 Å². The summed E-state index contributed by atoms with van der Waals surface area (Å²) in [5.41, 5.74) is 2.49. The molecule has 0 radical (unpaired) electrons. The Morgan fingerprint density at radius 3 is 2.32 bits per heavy atom. The molecule has 1 aromatic carbocycles. The molecule has 2 heterocycles. The molecule has 6 nitrogen and oxygen atoms in total. The van der Waals surface area contributed by atoms with Gasteiger partial charge >= 0.3 is 5.97 Å². The number of hydrogen-bond acceptors (Lipinski definition) is 4. The van der Waals surface area contributed by atoms with Gasteiger partial charge in [-0.25, -0.2) is 4.79 Å². The first kappa shape index (κ1) is 20.0. The van der Waals surface area contributed by atoms with E-state index >= 15 is 0 Å². The van der Waals surface area contributed by atoms with E-state index in [1.54, 1.807) is 47.6 Å². The van der Waals surface area contributed by atoms with E-state index in [9.17, 15) is 14.7 Å². The van der Waals surface area contributed by atoms with Crippen molar-refractivity contribution in [1.82, 2.24) is 9.88 Å². The Labute approximate surface area is 165 Å². The van der Waals surface area contributed by atoms with E-state index in [1.165, 1.54) is 6.42 Å². The SMILES string of the molecule is CN1CCCCCCCN(C(=O)c2ccncc2)c2ccc(C(=O)O)cc2C1. The van der Waals surface area contributed by atoms with Crippen molar-refractivity contribution in [3.05, 3.63) is 59.4 Å². The summed E-state index contributed by atoms with van der Waals surface area (Å²) in [5.74, 6) is -1.03. The zero-order valence-corrected chi connectivity index (χ0v) is 16.3. The van der Waals surface area contributed by atoms with Gasteiger partial charge in [0.15, 0.2) is 0 Å². The molecule has 6 heteroatoms. The van der Waals surface area contributed by atoms with Crippen LogP contribution in [-0.2, 0) is 6.54 Å². The molecule has 0 atom stereocenters. The fraction of sp³-hybridized carbons (Fsp3) is 0.409. The zero-order valence-electron chi connectivity index (χ0n) is 16.3. The molecule has 1 aliphatic heterocycles. The standard InChI is InChI=1S/C22H27N3O3/c1-24-13-5-3-2-4-6-14-25(21(26)17-9-11-23-12-10-17)20-8-7-18(22(27)28)15-19(20)16-24/h7-12,15H,2-6,13-14,16H2,1H3,(H,27,28). The van der Waals surface area contributed by atoms with Crippen molar-refractivity contribution in [3.8, 4) is 0 Å². The summed E-state index contributed by atoms with van der Waals surface area (Å²) in [5, 5.41) is 9.41. The smallest absolute Gasteiger partial charge is 0.335 e. The summed E-state index contributed by atoms with van der Waals surface area (Å²) in [6.07, 6.45) is 8.70. The van der Waals surface area contributed by atoms with E-state index < -0.39 is 5.97 Å². The number of anilines is 1. The zero-order chi connectivity index (χ0) is 19.9. The van der Waals surface area contributed by atoms with Gasteiger partial charge < -0.3 is 14.9 Å². The third-order valence-corrected chi connectivity index (χ3v) is 5.15. The van der Waals surface area contributed by atoms with E-state index in [-0.39, 0.29) is 11.5 Å². The van der Waals surface area contributed by atoms with Crippen LogP contribution in [0.15, 0.2) is 42.7 Å². The normalized spacial score (nSPS) is 16.5. The van der Waals surface area contributed by atoms with E-state index in [2.05, 4.69) is 9.88 Å². The Kier molecular flexibility index (Phi) is 6.76. The molecule has 28 heavy (non-hydrogen) atoms. The number of carbonyl (C=O) groups is 2. The van der Waals surface area contributed by atoms with Crippen LogP contribution in [0.2, 0.25) is 0 Å². The minimum Gasteiger partial charge on any atom is -0.478 e. The van der Waals surface area contributed by atoms with Crippen molar-refractivity contribution in [3.63, 3.8) is 0 Å². The van der Waals surface area contributed by atoms with Gasteiger partial charge in [0, 0.05) is 36.7 Å². The van der Waals surface area contributed by atoms with Crippen LogP contribution >= 0.6 is 0 Å². The van der Waals surface area contributed by atoms with Gasteiger partial charge in [0.2, 0.25) is 0 Å². The van der Waals surface area contributed by atoms with Gasteiger partial charge in [-0.15, -0.1) is 0 Å². The van der Waals surface area contributed by atoms with Crippen molar-refractivity contribution in [1.29, 1.82) is 0 Å². The fourth-order valence-electron chi connectivity index (χ4n) is 3.64. The number of benzene rings is 1. The summed E-state index contributed by atoms with van der Waals surface area (Å²) < 4.78 is 0. The van der Waals surface area contributed by atoms with Gasteiger partial charge in [-0.3, -0.25) is 9.78 Å². The molecule has 1 aliphatic rings. The van der Waals surface area contributed by atoms with Crippen LogP contribution in [0.4, 0.5) is 5.69 Å². The quantitative estimate of drug-likeness (QED) is 0.856. The number of aromatic carboxylic acids is 1. The number of amides is 1. The van der Waals surface area contributed by atoms with Crippen LogP contribution in [0, 0.1) is 0 Å². The highest BCUT2D eigenvalue weighted by Crippen LogP contribution is 2.27. The number of rotatable bonds is 2. The Balaban J connectivity index is 2.02. The number of carboxylic acid groups (broad SMARTS) is 1. The van der Waals surface area contributed by atoms with Crippen molar-refractivity contribution < 1.29 is 14.7 Å². The van der Waals surface area contributed by atoms with E-state index in [4.69, 9.17) is 0 Å². The molecular weight excluding hydrogens is 354 g/mol. The Hall–Kier alpha value is -2.73. The maximum absolute atomic E-state index is 13.2. The largest absolute Gasteiger partial charge is 0.478 e. The van der Waals surface area contributed by atoms with Crippen LogP contribution in [0.5, 0.6) is 0 Å². The summed E-state index contributed by atoms with van der Waals surface area (Å²) >= 11 is 0. The third-order valence-electron chi connectivity index (χ3n) is 5.15. The van der Waals surface area contributed by atoms with Crippen molar-refractivity contribution in [2.75, 3.05) is 25.0 Å². The molecule has 0 unspecified atom stereocenters. The minimum absolute atomic E-state index is 0.0774. The number of fused-ring (bicyclic) bond motifs is 1. The predicted molar refractivity (Wildman–Crippen MR) is 109 cm³/mol. The van der Waals surface area contributed by atoms with Crippen molar-refractivity contribution >= 4 is 17.6 Å². The first-order valence-electron chi connectivity index (χ1n) is 9.83. The maximum Gasteiger partial charge on any atom is 0.335 e. The fourth-order valence-corrected chi connectivity index (χ4v) is 3.64. The second kappa shape index (κ2) is 9.46. The Bertz CT molecular complexity index is 823. The van der Waals surface area contributed by atoms with Gasteiger partial charge in [-0.1, -0.05) is 19.3 Å². The van der Waals surface area contributed by atoms with Crippen molar-refractivity contribution in [2.45, 2.75) is 38.6 Å². The Morgan fingerprint density at radius 2 is 1.61 bits per heavy atom. The average molecular weight is 381 g/mol. The second-order valence-corrected chi connectivity index (χ2v) is 7.35. The molecule has 148 valence electrons. The van der Waals surface area contributed by atoms with Gasteiger partial charge in [0.25, 0.3) is 5.91 Å². The molecule has 0 spiro atoms. The van der Waals surface area contributed by atoms with Crippen LogP contribution in [0.3, 0.4) is 0 Å². The number of nitrogens with zero attached hydrogens (tertiary/aromatic N) is 3. The average Bonchev–Trinajstić information content (AvgIpc) is 2.69. The van der Waals surface area contributed by atoms with Crippen LogP contribution in [0.25, 0.3) is 0 Å². The van der Waals surface area contributed by atoms with Gasteiger partial charge in [0.1, 0.15) is 0 Å². The second-order valence-electron chi connectivity index (χ2n) is 7.35. The lowest BCUT2D eigenvalue weighted by atomic mass is 10.0. The lowest BCUT2D eigenvalue weighted by Gasteiger charge is -2.28. The summed E-state index contributed by atoms with van der Waals surface area (Å²) in [6.45, 7) is 2.18. The van der Waals surface area contributed by atoms with E-state index in [0.29, 0.717) is 18.7 Å². The van der Waals surface area contributed by atoms with Gasteiger partial charge in [-0.2, -0.15) is 0 Å². The number of hydrogen-bond donors (Lipinski definition) is 1. The summed E-state index contributed by atoms with van der Waals surface area (Å²) in [7, 11) is 2.04. The van der Waals surface area contributed by atoms with E-state index in [1.807, 2.05) is 7.05 Å². The summed E-state index contributed by atoms with van der Waals surface area (Å²) in [6, 6.07) is 8.50. The first-order valence-corrected chi connectivity index (χ1v) is 9.83. The molecule has 2 aromatic rings. The number of carbonyl (C=O) groups excluding carboxylic acids is 1. The number of pyridine rings is 1. The van der Waals surface area contributed by atoms with Gasteiger partial charge in [-0.05, 0) is 62.3 Å². The molecule has 0 saturated carbocycles.